The predicted octanol–water partition coefficient (Wildman–Crippen LogP) is 4.83. The van der Waals surface area contributed by atoms with Crippen LogP contribution in [0.3, 0.4) is 0 Å². The van der Waals surface area contributed by atoms with Gasteiger partial charge in [-0.2, -0.15) is 0 Å². The number of ether oxygens (including phenoxy) is 2. The highest BCUT2D eigenvalue weighted by Gasteiger charge is 2.20. The van der Waals surface area contributed by atoms with Gasteiger partial charge < -0.3 is 14.0 Å². The van der Waals surface area contributed by atoms with E-state index in [9.17, 15) is 0 Å². The zero-order valence-corrected chi connectivity index (χ0v) is 18.1. The molecule has 1 fully saturated rings. The van der Waals surface area contributed by atoms with Gasteiger partial charge in [0.2, 0.25) is 6.79 Å². The number of halogens is 2. The molecule has 2 aromatic carbocycles. The van der Waals surface area contributed by atoms with Crippen molar-refractivity contribution in [3.8, 4) is 17.2 Å². The van der Waals surface area contributed by atoms with Crippen LogP contribution in [0.2, 0.25) is 10.0 Å². The standard InChI is InChI=1S/C23H23Cl2N3O2/c24-19-4-1-5-20(23(19)25)28-8-2-3-18(28)15-27-11-9-26(10-12-27)14-17-6-7-21-22(13-17)30-16-29-21/h1-8,13H,9-12,14-16H2. The number of fused-ring (bicyclic) bond motifs is 1. The van der Waals surface area contributed by atoms with Gasteiger partial charge in [-0.1, -0.05) is 35.3 Å². The smallest absolute Gasteiger partial charge is 0.231 e. The van der Waals surface area contributed by atoms with Crippen molar-refractivity contribution in [1.82, 2.24) is 14.4 Å². The number of hydrogen-bond acceptors (Lipinski definition) is 4. The van der Waals surface area contributed by atoms with Gasteiger partial charge in [0.25, 0.3) is 0 Å². The second-order valence-corrected chi connectivity index (χ2v) is 8.47. The van der Waals surface area contributed by atoms with Gasteiger partial charge in [-0.05, 0) is 42.0 Å². The van der Waals surface area contributed by atoms with E-state index in [1.54, 1.807) is 0 Å². The van der Waals surface area contributed by atoms with E-state index in [1.807, 2.05) is 30.5 Å². The first-order valence-electron chi connectivity index (χ1n) is 10.1. The fourth-order valence-electron chi connectivity index (χ4n) is 4.09. The predicted molar refractivity (Wildman–Crippen MR) is 119 cm³/mol. The summed E-state index contributed by atoms with van der Waals surface area (Å²) in [6.45, 7) is 6.25. The van der Waals surface area contributed by atoms with Crippen molar-refractivity contribution in [2.45, 2.75) is 13.1 Å². The Hall–Kier alpha value is -2.18. The van der Waals surface area contributed by atoms with Crippen molar-refractivity contribution in [3.63, 3.8) is 0 Å². The third-order valence-electron chi connectivity index (χ3n) is 5.72. The summed E-state index contributed by atoms with van der Waals surface area (Å²) in [5.41, 5.74) is 3.39. The monoisotopic (exact) mass is 443 g/mol. The molecule has 0 N–H and O–H groups in total. The highest BCUT2D eigenvalue weighted by atomic mass is 35.5. The molecule has 0 spiro atoms. The van der Waals surface area contributed by atoms with Crippen molar-refractivity contribution in [2.75, 3.05) is 33.0 Å². The molecule has 0 amide bonds. The van der Waals surface area contributed by atoms with Gasteiger partial charge >= 0.3 is 0 Å². The van der Waals surface area contributed by atoms with Crippen LogP contribution in [-0.4, -0.2) is 47.3 Å². The Kier molecular flexibility index (Phi) is 5.61. The molecular weight excluding hydrogens is 421 g/mol. The van der Waals surface area contributed by atoms with Crippen molar-refractivity contribution in [2.24, 2.45) is 0 Å². The van der Waals surface area contributed by atoms with Gasteiger partial charge in [-0.3, -0.25) is 9.80 Å². The highest BCUT2D eigenvalue weighted by Crippen LogP contribution is 2.33. The molecule has 1 saturated heterocycles. The third kappa shape index (κ3) is 4.03. The second kappa shape index (κ2) is 8.52. The molecular formula is C23H23Cl2N3O2. The van der Waals surface area contributed by atoms with Crippen LogP contribution in [0.4, 0.5) is 0 Å². The summed E-state index contributed by atoms with van der Waals surface area (Å²) in [5, 5.41) is 1.16. The summed E-state index contributed by atoms with van der Waals surface area (Å²) >= 11 is 12.7. The zero-order valence-electron chi connectivity index (χ0n) is 16.6. The molecule has 0 saturated carbocycles. The normalized spacial score (nSPS) is 16.9. The fourth-order valence-corrected chi connectivity index (χ4v) is 4.48. The molecule has 2 aliphatic rings. The molecule has 30 heavy (non-hydrogen) atoms. The van der Waals surface area contributed by atoms with E-state index in [0.717, 1.165) is 56.5 Å². The number of rotatable bonds is 5. The first-order chi connectivity index (χ1) is 14.7. The first-order valence-corrected chi connectivity index (χ1v) is 10.9. The van der Waals surface area contributed by atoms with E-state index < -0.39 is 0 Å². The summed E-state index contributed by atoms with van der Waals surface area (Å²) < 4.78 is 13.0. The van der Waals surface area contributed by atoms with Gasteiger partial charge in [0.15, 0.2) is 11.5 Å². The minimum absolute atomic E-state index is 0.319. The van der Waals surface area contributed by atoms with E-state index in [0.29, 0.717) is 16.8 Å². The lowest BCUT2D eigenvalue weighted by Crippen LogP contribution is -2.45. The molecule has 156 valence electrons. The van der Waals surface area contributed by atoms with Crippen molar-refractivity contribution < 1.29 is 9.47 Å². The molecule has 0 bridgehead atoms. The van der Waals surface area contributed by atoms with E-state index >= 15 is 0 Å². The largest absolute Gasteiger partial charge is 0.454 e. The summed E-state index contributed by atoms with van der Waals surface area (Å²) in [7, 11) is 0. The quantitative estimate of drug-likeness (QED) is 0.564. The molecule has 2 aliphatic heterocycles. The topological polar surface area (TPSA) is 29.9 Å². The van der Waals surface area contributed by atoms with E-state index in [1.165, 1.54) is 11.3 Å². The SMILES string of the molecule is Clc1cccc(-n2cccc2CN2CCN(Cc3ccc4c(c3)OCO4)CC2)c1Cl. The van der Waals surface area contributed by atoms with E-state index in [-0.39, 0.29) is 0 Å². The van der Waals surface area contributed by atoms with Crippen LogP contribution < -0.4 is 9.47 Å². The minimum Gasteiger partial charge on any atom is -0.454 e. The second-order valence-electron chi connectivity index (χ2n) is 7.68. The number of benzene rings is 2. The number of aromatic nitrogens is 1. The summed E-state index contributed by atoms with van der Waals surface area (Å²) in [6, 6.07) is 16.2. The Morgan fingerprint density at radius 3 is 2.40 bits per heavy atom. The molecule has 0 atom stereocenters. The summed E-state index contributed by atoms with van der Waals surface area (Å²) in [6.07, 6.45) is 2.04. The molecule has 1 aromatic heterocycles. The van der Waals surface area contributed by atoms with Gasteiger partial charge in [0.05, 0.1) is 15.7 Å². The first kappa shape index (κ1) is 19.8. The van der Waals surface area contributed by atoms with E-state index in [4.69, 9.17) is 32.7 Å². The average Bonchev–Trinajstić information content (AvgIpc) is 3.40. The molecule has 5 nitrogen and oxygen atoms in total. The average molecular weight is 444 g/mol. The summed E-state index contributed by atoms with van der Waals surface area (Å²) in [4.78, 5) is 4.97. The molecule has 7 heteroatoms. The van der Waals surface area contributed by atoms with Crippen LogP contribution in [0.15, 0.2) is 54.7 Å². The Balaban J connectivity index is 1.20. The van der Waals surface area contributed by atoms with Gasteiger partial charge in [0, 0.05) is 51.2 Å². The number of piperazine rings is 1. The third-order valence-corrected chi connectivity index (χ3v) is 6.53. The van der Waals surface area contributed by atoms with Crippen molar-refractivity contribution in [1.29, 1.82) is 0 Å². The van der Waals surface area contributed by atoms with Crippen LogP contribution in [0.25, 0.3) is 5.69 Å². The molecule has 3 aromatic rings. The molecule has 0 unspecified atom stereocenters. The molecule has 0 aliphatic carbocycles. The number of hydrogen-bond donors (Lipinski definition) is 0. The Morgan fingerprint density at radius 2 is 1.57 bits per heavy atom. The maximum absolute atomic E-state index is 6.44. The summed E-state index contributed by atoms with van der Waals surface area (Å²) in [5.74, 6) is 1.69. The van der Waals surface area contributed by atoms with Crippen molar-refractivity contribution >= 4 is 23.2 Å². The minimum atomic E-state index is 0.319. The van der Waals surface area contributed by atoms with Crippen LogP contribution in [0.5, 0.6) is 11.5 Å². The molecule has 0 radical (unpaired) electrons. The lowest BCUT2D eigenvalue weighted by Gasteiger charge is -2.35. The van der Waals surface area contributed by atoms with Gasteiger partial charge in [-0.15, -0.1) is 0 Å². The van der Waals surface area contributed by atoms with Crippen LogP contribution in [0, 0.1) is 0 Å². The maximum Gasteiger partial charge on any atom is 0.231 e. The van der Waals surface area contributed by atoms with Gasteiger partial charge in [0.1, 0.15) is 0 Å². The maximum atomic E-state index is 6.44. The zero-order chi connectivity index (χ0) is 20.5. The van der Waals surface area contributed by atoms with Crippen LogP contribution >= 0.6 is 23.2 Å². The number of nitrogens with zero attached hydrogens (tertiary/aromatic N) is 3. The Labute approximate surface area is 186 Å². The molecule has 3 heterocycles. The van der Waals surface area contributed by atoms with Crippen LogP contribution in [0.1, 0.15) is 11.3 Å². The Bertz CT molecular complexity index is 1040. The molecule has 5 rings (SSSR count). The van der Waals surface area contributed by atoms with Crippen molar-refractivity contribution in [3.05, 3.63) is 76.0 Å². The lowest BCUT2D eigenvalue weighted by molar-refractivity contribution is 0.120. The van der Waals surface area contributed by atoms with E-state index in [2.05, 4.69) is 38.6 Å². The highest BCUT2D eigenvalue weighted by molar-refractivity contribution is 6.43. The van der Waals surface area contributed by atoms with Gasteiger partial charge in [-0.25, -0.2) is 0 Å². The Morgan fingerprint density at radius 1 is 0.800 bits per heavy atom. The lowest BCUT2D eigenvalue weighted by atomic mass is 10.1. The van der Waals surface area contributed by atoms with Crippen LogP contribution in [-0.2, 0) is 13.1 Å². The fraction of sp³-hybridized carbons (Fsp3) is 0.304.